The van der Waals surface area contributed by atoms with E-state index in [0.29, 0.717) is 0 Å². The van der Waals surface area contributed by atoms with Crippen LogP contribution in [0.25, 0.3) is 0 Å². The number of anilines is 1. The second-order valence-electron chi connectivity index (χ2n) is 4.92. The predicted molar refractivity (Wildman–Crippen MR) is 73.0 cm³/mol. The van der Waals surface area contributed by atoms with Gasteiger partial charge in [-0.05, 0) is 19.1 Å². The summed E-state index contributed by atoms with van der Waals surface area (Å²) in [5, 5.41) is 3.37. The summed E-state index contributed by atoms with van der Waals surface area (Å²) < 4.78 is 5.62. The molecule has 0 radical (unpaired) electrons. The van der Waals surface area contributed by atoms with E-state index in [2.05, 4.69) is 20.2 Å². The third-order valence-corrected chi connectivity index (χ3v) is 3.40. The molecule has 3 rings (SSSR count). The van der Waals surface area contributed by atoms with Crippen LogP contribution >= 0.6 is 0 Å². The van der Waals surface area contributed by atoms with Gasteiger partial charge in [0.2, 0.25) is 0 Å². The van der Waals surface area contributed by atoms with Crippen LogP contribution in [0.15, 0.2) is 22.9 Å². The fourth-order valence-electron chi connectivity index (χ4n) is 2.46. The zero-order valence-corrected chi connectivity index (χ0v) is 11.3. The van der Waals surface area contributed by atoms with Crippen molar-refractivity contribution >= 4 is 5.82 Å². The third kappa shape index (κ3) is 2.46. The summed E-state index contributed by atoms with van der Waals surface area (Å²) in [6.07, 6.45) is 2.63. The first-order valence-corrected chi connectivity index (χ1v) is 6.54. The Morgan fingerprint density at radius 1 is 1.37 bits per heavy atom. The van der Waals surface area contributed by atoms with Gasteiger partial charge in [-0.25, -0.2) is 9.97 Å². The highest BCUT2D eigenvalue weighted by Gasteiger charge is 2.18. The fourth-order valence-corrected chi connectivity index (χ4v) is 2.46. The normalized spacial score (nSPS) is 14.2. The number of rotatable bonds is 3. The lowest BCUT2D eigenvalue weighted by Crippen LogP contribution is -2.28. The van der Waals surface area contributed by atoms with E-state index >= 15 is 0 Å². The van der Waals surface area contributed by atoms with Gasteiger partial charge in [0, 0.05) is 32.1 Å². The Bertz CT molecular complexity index is 579. The number of fused-ring (bicyclic) bond motifs is 1. The third-order valence-electron chi connectivity index (χ3n) is 3.40. The molecule has 0 aliphatic carbocycles. The number of hydrogen-bond acceptors (Lipinski definition) is 5. The predicted octanol–water partition coefficient (Wildman–Crippen LogP) is 1.66. The average Bonchev–Trinajstić information content (AvgIpc) is 2.83. The Morgan fingerprint density at radius 3 is 3.05 bits per heavy atom. The maximum absolute atomic E-state index is 5.62. The van der Waals surface area contributed by atoms with Crippen LogP contribution in [0.2, 0.25) is 0 Å². The Morgan fingerprint density at radius 2 is 2.26 bits per heavy atom. The molecular formula is C14H18N4O. The number of aromatic nitrogens is 2. The van der Waals surface area contributed by atoms with Crippen LogP contribution < -0.4 is 10.2 Å². The molecule has 3 heterocycles. The first-order chi connectivity index (χ1) is 9.24. The molecule has 2 aromatic heterocycles. The lowest BCUT2D eigenvalue weighted by molar-refractivity contribution is 0.480. The van der Waals surface area contributed by atoms with Crippen LogP contribution in [0.3, 0.4) is 0 Å². The Balaban J connectivity index is 1.85. The van der Waals surface area contributed by atoms with Gasteiger partial charge < -0.3 is 14.6 Å². The van der Waals surface area contributed by atoms with Gasteiger partial charge in [0.05, 0.1) is 12.2 Å². The molecule has 1 aliphatic rings. The minimum atomic E-state index is 0.720. The summed E-state index contributed by atoms with van der Waals surface area (Å²) in [5.74, 6) is 2.89. The second-order valence-corrected chi connectivity index (χ2v) is 4.92. The van der Waals surface area contributed by atoms with Crippen molar-refractivity contribution in [1.82, 2.24) is 15.3 Å². The van der Waals surface area contributed by atoms with E-state index in [1.165, 1.54) is 5.56 Å². The van der Waals surface area contributed by atoms with Crippen molar-refractivity contribution in [3.63, 3.8) is 0 Å². The topological polar surface area (TPSA) is 54.2 Å². The van der Waals surface area contributed by atoms with Gasteiger partial charge in [-0.2, -0.15) is 0 Å². The minimum absolute atomic E-state index is 0.720. The second kappa shape index (κ2) is 5.01. The van der Waals surface area contributed by atoms with Crippen LogP contribution in [-0.2, 0) is 19.5 Å². The molecule has 1 N–H and O–H groups in total. The van der Waals surface area contributed by atoms with Crippen molar-refractivity contribution < 1.29 is 4.42 Å². The van der Waals surface area contributed by atoms with Crippen LogP contribution in [-0.4, -0.2) is 23.6 Å². The van der Waals surface area contributed by atoms with E-state index in [4.69, 9.17) is 4.42 Å². The lowest BCUT2D eigenvalue weighted by Gasteiger charge is -2.24. The highest BCUT2D eigenvalue weighted by Crippen LogP contribution is 2.23. The molecule has 100 valence electrons. The van der Waals surface area contributed by atoms with Gasteiger partial charge in [0.1, 0.15) is 23.7 Å². The molecule has 0 spiro atoms. The number of nitrogens with zero attached hydrogens (tertiary/aromatic N) is 3. The van der Waals surface area contributed by atoms with Crippen LogP contribution in [0.5, 0.6) is 0 Å². The van der Waals surface area contributed by atoms with E-state index in [-0.39, 0.29) is 0 Å². The summed E-state index contributed by atoms with van der Waals surface area (Å²) in [7, 11) is 2.04. The zero-order chi connectivity index (χ0) is 13.2. The summed E-state index contributed by atoms with van der Waals surface area (Å²) in [6.45, 7) is 4.51. The molecule has 19 heavy (non-hydrogen) atoms. The maximum Gasteiger partial charge on any atom is 0.136 e. The fraction of sp³-hybridized carbons (Fsp3) is 0.429. The minimum Gasteiger partial charge on any atom is -0.464 e. The maximum atomic E-state index is 5.62. The molecule has 0 amide bonds. The average molecular weight is 258 g/mol. The van der Waals surface area contributed by atoms with Gasteiger partial charge in [-0.15, -0.1) is 0 Å². The first-order valence-electron chi connectivity index (χ1n) is 6.54. The zero-order valence-electron chi connectivity index (χ0n) is 11.3. The van der Waals surface area contributed by atoms with E-state index in [9.17, 15) is 0 Å². The molecule has 5 heteroatoms. The molecule has 0 bridgehead atoms. The van der Waals surface area contributed by atoms with Crippen molar-refractivity contribution in [3.05, 3.63) is 41.2 Å². The SMILES string of the molecule is Cc1ccc(CN(C)c2ncnc3c2CNCC3)o1. The summed E-state index contributed by atoms with van der Waals surface area (Å²) in [4.78, 5) is 10.9. The van der Waals surface area contributed by atoms with E-state index in [0.717, 1.165) is 49.1 Å². The molecule has 0 atom stereocenters. The monoisotopic (exact) mass is 258 g/mol. The van der Waals surface area contributed by atoms with Gasteiger partial charge in [0.15, 0.2) is 0 Å². The van der Waals surface area contributed by atoms with Crippen molar-refractivity contribution in [2.75, 3.05) is 18.5 Å². The lowest BCUT2D eigenvalue weighted by atomic mass is 10.1. The van der Waals surface area contributed by atoms with Crippen molar-refractivity contribution in [3.8, 4) is 0 Å². The molecule has 0 saturated carbocycles. The largest absolute Gasteiger partial charge is 0.464 e. The molecule has 0 unspecified atom stereocenters. The van der Waals surface area contributed by atoms with E-state index < -0.39 is 0 Å². The van der Waals surface area contributed by atoms with Crippen molar-refractivity contribution in [2.45, 2.75) is 26.4 Å². The number of nitrogens with one attached hydrogen (secondary N) is 1. The standard InChI is InChI=1S/C14H18N4O/c1-10-3-4-11(19-10)8-18(2)14-12-7-15-6-5-13(12)16-9-17-14/h3-4,9,15H,5-8H2,1-2H3. The molecule has 2 aromatic rings. The molecular weight excluding hydrogens is 240 g/mol. The van der Waals surface area contributed by atoms with Gasteiger partial charge in [0.25, 0.3) is 0 Å². The summed E-state index contributed by atoms with van der Waals surface area (Å²) in [6, 6.07) is 4.00. The highest BCUT2D eigenvalue weighted by atomic mass is 16.3. The number of aryl methyl sites for hydroxylation is 1. The smallest absolute Gasteiger partial charge is 0.136 e. The number of furan rings is 1. The van der Waals surface area contributed by atoms with Crippen LogP contribution in [0.1, 0.15) is 22.8 Å². The highest BCUT2D eigenvalue weighted by molar-refractivity contribution is 5.48. The van der Waals surface area contributed by atoms with Crippen LogP contribution in [0, 0.1) is 6.92 Å². The van der Waals surface area contributed by atoms with Crippen LogP contribution in [0.4, 0.5) is 5.82 Å². The van der Waals surface area contributed by atoms with Gasteiger partial charge in [-0.3, -0.25) is 0 Å². The van der Waals surface area contributed by atoms with E-state index in [1.807, 2.05) is 26.1 Å². The Labute approximate surface area is 112 Å². The Kier molecular flexibility index (Phi) is 3.21. The van der Waals surface area contributed by atoms with Gasteiger partial charge >= 0.3 is 0 Å². The van der Waals surface area contributed by atoms with E-state index in [1.54, 1.807) is 6.33 Å². The molecule has 1 aliphatic heterocycles. The molecule has 0 aromatic carbocycles. The Hall–Kier alpha value is -1.88. The van der Waals surface area contributed by atoms with Gasteiger partial charge in [-0.1, -0.05) is 0 Å². The molecule has 0 saturated heterocycles. The number of hydrogen-bond donors (Lipinski definition) is 1. The van der Waals surface area contributed by atoms with Crippen molar-refractivity contribution in [2.24, 2.45) is 0 Å². The molecule has 5 nitrogen and oxygen atoms in total. The van der Waals surface area contributed by atoms with Crippen molar-refractivity contribution in [1.29, 1.82) is 0 Å². The summed E-state index contributed by atoms with van der Waals surface area (Å²) >= 11 is 0. The summed E-state index contributed by atoms with van der Waals surface area (Å²) in [5.41, 5.74) is 2.37. The first kappa shape index (κ1) is 12.2. The molecule has 0 fully saturated rings. The quantitative estimate of drug-likeness (QED) is 0.907.